The van der Waals surface area contributed by atoms with E-state index in [1.54, 1.807) is 24.3 Å². The normalized spacial score (nSPS) is 10.2. The summed E-state index contributed by atoms with van der Waals surface area (Å²) in [6, 6.07) is 9.88. The average Bonchev–Trinajstić information content (AvgIpc) is 2.55. The topological polar surface area (TPSA) is 90.3 Å². The summed E-state index contributed by atoms with van der Waals surface area (Å²) in [6.45, 7) is -0.581. The largest absolute Gasteiger partial charge is 0.468 e. The van der Waals surface area contributed by atoms with Gasteiger partial charge < -0.3 is 10.1 Å². The van der Waals surface area contributed by atoms with Gasteiger partial charge in [-0.25, -0.2) is 4.68 Å². The average molecular weight is 336 g/mol. The van der Waals surface area contributed by atoms with Gasteiger partial charge in [0.15, 0.2) is 0 Å². The summed E-state index contributed by atoms with van der Waals surface area (Å²) in [6.07, 6.45) is 0. The number of amides is 1. The first-order chi connectivity index (χ1) is 11.0. The number of rotatable bonds is 5. The van der Waals surface area contributed by atoms with Crippen LogP contribution in [-0.2, 0) is 20.9 Å². The molecule has 120 valence electrons. The molecule has 0 aliphatic rings. The van der Waals surface area contributed by atoms with Crippen molar-refractivity contribution in [3.05, 3.63) is 51.8 Å². The maximum Gasteiger partial charge on any atom is 0.325 e. The van der Waals surface area contributed by atoms with Crippen LogP contribution in [0.3, 0.4) is 0 Å². The molecule has 0 atom stereocenters. The summed E-state index contributed by atoms with van der Waals surface area (Å²) in [5.74, 6) is -1.11. The van der Waals surface area contributed by atoms with Crippen molar-refractivity contribution in [2.75, 3.05) is 13.7 Å². The Morgan fingerprint density at radius 3 is 2.70 bits per heavy atom. The molecule has 0 unspecified atom stereocenters. The molecule has 2 aromatic rings. The minimum absolute atomic E-state index is 0.270. The highest BCUT2D eigenvalue weighted by Gasteiger charge is 2.10. The first-order valence-corrected chi connectivity index (χ1v) is 7.05. The first-order valence-electron chi connectivity index (χ1n) is 6.68. The van der Waals surface area contributed by atoms with Crippen LogP contribution in [0.2, 0.25) is 5.02 Å². The van der Waals surface area contributed by atoms with Crippen molar-refractivity contribution in [2.45, 2.75) is 6.54 Å². The molecule has 1 N–H and O–H groups in total. The number of carbonyl (C=O) groups excluding carboxylic acids is 2. The molecule has 2 rings (SSSR count). The SMILES string of the molecule is COC(=O)CNC(=O)Cn1nc(-c2ccccc2Cl)ccc1=O. The Hall–Kier alpha value is -2.67. The maximum absolute atomic E-state index is 11.8. The van der Waals surface area contributed by atoms with E-state index in [2.05, 4.69) is 15.2 Å². The van der Waals surface area contributed by atoms with Gasteiger partial charge in [0, 0.05) is 11.6 Å². The number of carbonyl (C=O) groups is 2. The number of esters is 1. The second-order valence-electron chi connectivity index (χ2n) is 4.55. The van der Waals surface area contributed by atoms with Crippen molar-refractivity contribution in [1.82, 2.24) is 15.1 Å². The van der Waals surface area contributed by atoms with E-state index < -0.39 is 17.4 Å². The predicted molar refractivity (Wildman–Crippen MR) is 84.0 cm³/mol. The predicted octanol–water partition coefficient (Wildman–Crippen LogP) is 0.853. The fourth-order valence-corrected chi connectivity index (χ4v) is 2.04. The molecule has 23 heavy (non-hydrogen) atoms. The van der Waals surface area contributed by atoms with Crippen LogP contribution >= 0.6 is 11.6 Å². The number of hydrogen-bond donors (Lipinski definition) is 1. The Kier molecular flexibility index (Phi) is 5.48. The Morgan fingerprint density at radius 2 is 2.00 bits per heavy atom. The summed E-state index contributed by atoms with van der Waals surface area (Å²) in [5, 5.41) is 6.96. The number of methoxy groups -OCH3 is 1. The molecule has 0 fully saturated rings. The van der Waals surface area contributed by atoms with E-state index in [1.165, 1.54) is 19.2 Å². The molecule has 1 aromatic carbocycles. The van der Waals surface area contributed by atoms with Crippen LogP contribution in [0.25, 0.3) is 11.3 Å². The summed E-state index contributed by atoms with van der Waals surface area (Å²) < 4.78 is 5.42. The van der Waals surface area contributed by atoms with Crippen LogP contribution in [0.4, 0.5) is 0 Å². The molecular weight excluding hydrogens is 322 g/mol. The molecule has 1 amide bonds. The molecule has 0 bridgehead atoms. The zero-order chi connectivity index (χ0) is 16.8. The van der Waals surface area contributed by atoms with Gasteiger partial charge in [-0.2, -0.15) is 5.10 Å². The highest BCUT2D eigenvalue weighted by Crippen LogP contribution is 2.24. The lowest BCUT2D eigenvalue weighted by atomic mass is 10.1. The Bertz CT molecular complexity index is 788. The van der Waals surface area contributed by atoms with E-state index >= 15 is 0 Å². The monoisotopic (exact) mass is 335 g/mol. The summed E-state index contributed by atoms with van der Waals surface area (Å²) in [4.78, 5) is 34.5. The van der Waals surface area contributed by atoms with E-state index in [9.17, 15) is 14.4 Å². The molecule has 0 spiro atoms. The Morgan fingerprint density at radius 1 is 1.26 bits per heavy atom. The Balaban J connectivity index is 2.18. The van der Waals surface area contributed by atoms with Crippen molar-refractivity contribution in [1.29, 1.82) is 0 Å². The number of nitrogens with zero attached hydrogens (tertiary/aromatic N) is 2. The lowest BCUT2D eigenvalue weighted by Gasteiger charge is -2.08. The molecule has 0 saturated heterocycles. The van der Waals surface area contributed by atoms with E-state index in [0.29, 0.717) is 16.3 Å². The van der Waals surface area contributed by atoms with Crippen LogP contribution in [0.15, 0.2) is 41.2 Å². The van der Waals surface area contributed by atoms with Crippen LogP contribution in [0, 0.1) is 0 Å². The molecule has 8 heteroatoms. The summed E-state index contributed by atoms with van der Waals surface area (Å²) >= 11 is 6.10. The molecule has 0 aliphatic carbocycles. The molecule has 7 nitrogen and oxygen atoms in total. The minimum Gasteiger partial charge on any atom is -0.468 e. The number of benzene rings is 1. The van der Waals surface area contributed by atoms with Crippen LogP contribution in [0.1, 0.15) is 0 Å². The van der Waals surface area contributed by atoms with Gasteiger partial charge in [-0.3, -0.25) is 14.4 Å². The van der Waals surface area contributed by atoms with E-state index in [0.717, 1.165) is 4.68 Å². The minimum atomic E-state index is -0.580. The maximum atomic E-state index is 11.8. The standard InChI is InChI=1S/C15H14ClN3O4/c1-23-15(22)8-17-13(20)9-19-14(21)7-6-12(18-19)10-4-2-3-5-11(10)16/h2-7H,8-9H2,1H3,(H,17,20). The summed E-state index contributed by atoms with van der Waals surface area (Å²) in [5.41, 5.74) is 0.683. The van der Waals surface area contributed by atoms with Gasteiger partial charge in [-0.1, -0.05) is 29.8 Å². The van der Waals surface area contributed by atoms with Gasteiger partial charge in [0.05, 0.1) is 17.8 Å². The third-order valence-corrected chi connectivity index (χ3v) is 3.30. The summed E-state index contributed by atoms with van der Waals surface area (Å²) in [7, 11) is 1.22. The zero-order valence-electron chi connectivity index (χ0n) is 12.3. The lowest BCUT2D eigenvalue weighted by Crippen LogP contribution is -2.36. The van der Waals surface area contributed by atoms with Crippen molar-refractivity contribution in [3.8, 4) is 11.3 Å². The highest BCUT2D eigenvalue weighted by molar-refractivity contribution is 6.33. The number of ether oxygens (including phenoxy) is 1. The quantitative estimate of drug-likeness (QED) is 0.818. The highest BCUT2D eigenvalue weighted by atomic mass is 35.5. The molecule has 0 radical (unpaired) electrons. The van der Waals surface area contributed by atoms with Gasteiger partial charge >= 0.3 is 5.97 Å². The first kappa shape index (κ1) is 16.7. The van der Waals surface area contributed by atoms with Gasteiger partial charge in [0.2, 0.25) is 5.91 Å². The smallest absolute Gasteiger partial charge is 0.325 e. The van der Waals surface area contributed by atoms with Crippen molar-refractivity contribution in [2.24, 2.45) is 0 Å². The number of halogens is 1. The van der Waals surface area contributed by atoms with Crippen molar-refractivity contribution >= 4 is 23.5 Å². The van der Waals surface area contributed by atoms with Crippen LogP contribution < -0.4 is 10.9 Å². The molecule has 1 aromatic heterocycles. The fourth-order valence-electron chi connectivity index (χ4n) is 1.81. The van der Waals surface area contributed by atoms with Gasteiger partial charge in [-0.05, 0) is 12.1 Å². The third-order valence-electron chi connectivity index (χ3n) is 2.97. The lowest BCUT2D eigenvalue weighted by molar-refractivity contribution is -0.141. The molecule has 0 aliphatic heterocycles. The zero-order valence-corrected chi connectivity index (χ0v) is 13.0. The number of aromatic nitrogens is 2. The van der Waals surface area contributed by atoms with Gasteiger partial charge in [0.1, 0.15) is 13.1 Å². The molecular formula is C15H14ClN3O4. The van der Waals surface area contributed by atoms with Crippen LogP contribution in [-0.4, -0.2) is 35.3 Å². The van der Waals surface area contributed by atoms with Crippen molar-refractivity contribution < 1.29 is 14.3 Å². The van der Waals surface area contributed by atoms with Crippen LogP contribution in [0.5, 0.6) is 0 Å². The Labute approximate surface area is 136 Å². The molecule has 1 heterocycles. The molecule has 0 saturated carbocycles. The van der Waals surface area contributed by atoms with Gasteiger partial charge in [-0.15, -0.1) is 0 Å². The second kappa shape index (κ2) is 7.55. The van der Waals surface area contributed by atoms with E-state index in [1.807, 2.05) is 0 Å². The van der Waals surface area contributed by atoms with Gasteiger partial charge in [0.25, 0.3) is 5.56 Å². The fraction of sp³-hybridized carbons (Fsp3) is 0.200. The van der Waals surface area contributed by atoms with Crippen molar-refractivity contribution in [3.63, 3.8) is 0 Å². The number of hydrogen-bond acceptors (Lipinski definition) is 5. The third kappa shape index (κ3) is 4.40. The second-order valence-corrected chi connectivity index (χ2v) is 4.95. The van der Waals surface area contributed by atoms with E-state index in [-0.39, 0.29) is 13.1 Å². The van der Waals surface area contributed by atoms with E-state index in [4.69, 9.17) is 11.6 Å². The number of nitrogens with one attached hydrogen (secondary N) is 1.